The number of esters is 2. The van der Waals surface area contributed by atoms with Gasteiger partial charge in [-0.05, 0) is 59.4 Å². The van der Waals surface area contributed by atoms with E-state index in [0.29, 0.717) is 24.2 Å². The molecule has 4 aromatic carbocycles. The van der Waals surface area contributed by atoms with E-state index in [4.69, 9.17) is 9.47 Å². The van der Waals surface area contributed by atoms with Crippen molar-refractivity contribution in [3.05, 3.63) is 109 Å². The van der Waals surface area contributed by atoms with E-state index >= 15 is 0 Å². The van der Waals surface area contributed by atoms with Crippen LogP contribution in [0.3, 0.4) is 0 Å². The average Bonchev–Trinajstić information content (AvgIpc) is 2.98. The van der Waals surface area contributed by atoms with Gasteiger partial charge in [-0.25, -0.2) is 9.59 Å². The average molecular weight is 508 g/mol. The quantitative estimate of drug-likeness (QED) is 0.156. The molecule has 0 unspecified atom stereocenters. The Morgan fingerprint density at radius 1 is 0.553 bits per heavy atom. The second-order valence-electron chi connectivity index (χ2n) is 8.93. The molecule has 0 atom stereocenters. The summed E-state index contributed by atoms with van der Waals surface area (Å²) < 4.78 is 11.0. The molecule has 0 amide bonds. The van der Waals surface area contributed by atoms with Gasteiger partial charge in [0.1, 0.15) is 0 Å². The number of carbonyl (C=O) groups excluding carboxylic acids is 2. The van der Waals surface area contributed by atoms with E-state index in [1.807, 2.05) is 123 Å². The monoisotopic (exact) mass is 507 g/mol. The Morgan fingerprint density at radius 3 is 1.24 bits per heavy atom. The van der Waals surface area contributed by atoms with Crippen LogP contribution in [-0.4, -0.2) is 31.2 Å². The summed E-state index contributed by atoms with van der Waals surface area (Å²) >= 11 is 0. The molecule has 0 saturated carbocycles. The first kappa shape index (κ1) is 26.7. The zero-order valence-corrected chi connectivity index (χ0v) is 21.9. The van der Waals surface area contributed by atoms with Crippen LogP contribution in [-0.2, 0) is 19.1 Å². The largest absolute Gasteiger partial charge is 0.464 e. The highest BCUT2D eigenvalue weighted by atomic mass is 16.6. The topological polar surface area (TPSA) is 55.8 Å². The van der Waals surface area contributed by atoms with Crippen molar-refractivity contribution in [2.45, 2.75) is 32.7 Å². The molecule has 0 radical (unpaired) electrons. The van der Waals surface area contributed by atoms with Crippen molar-refractivity contribution in [2.24, 2.45) is 0 Å². The van der Waals surface area contributed by atoms with Gasteiger partial charge in [0.25, 0.3) is 0 Å². The van der Waals surface area contributed by atoms with Crippen molar-refractivity contribution in [2.75, 3.05) is 18.1 Å². The first-order valence-electron chi connectivity index (χ1n) is 13.1. The van der Waals surface area contributed by atoms with Gasteiger partial charge in [0.05, 0.1) is 13.2 Å². The van der Waals surface area contributed by atoms with E-state index in [-0.39, 0.29) is 13.2 Å². The number of hydrogen-bond donors (Lipinski definition) is 0. The van der Waals surface area contributed by atoms with Crippen molar-refractivity contribution in [3.8, 4) is 22.3 Å². The van der Waals surface area contributed by atoms with Gasteiger partial charge in [0.15, 0.2) is 0 Å². The molecule has 0 aromatic heterocycles. The van der Waals surface area contributed by atoms with Crippen molar-refractivity contribution in [1.82, 2.24) is 0 Å². The van der Waals surface area contributed by atoms with Gasteiger partial charge in [-0.15, -0.1) is 0 Å². The van der Waals surface area contributed by atoms with Crippen LogP contribution in [0.1, 0.15) is 26.7 Å². The van der Waals surface area contributed by atoms with Crippen LogP contribution in [0.2, 0.25) is 0 Å². The van der Waals surface area contributed by atoms with Crippen LogP contribution in [0.15, 0.2) is 109 Å². The number of benzene rings is 4. The molecule has 0 spiro atoms. The van der Waals surface area contributed by atoms with Crippen LogP contribution < -0.4 is 4.90 Å². The lowest BCUT2D eigenvalue weighted by Gasteiger charge is -2.31. The van der Waals surface area contributed by atoms with Crippen molar-refractivity contribution in [1.29, 1.82) is 0 Å². The number of hydrogen-bond acceptors (Lipinski definition) is 5. The Kier molecular flexibility index (Phi) is 9.30. The summed E-state index contributed by atoms with van der Waals surface area (Å²) in [7, 11) is 0. The standard InChI is InChI=1S/C33H33NO4/c1-3-23-37-32(35)31(33(36)38-24-4-2)34(29-19-15-27(16-20-29)25-11-7-5-8-12-25)30-21-17-28(18-22-30)26-13-9-6-10-14-26/h5-22,31H,3-4,23-24H2,1-2H3. The zero-order chi connectivity index (χ0) is 26.7. The Morgan fingerprint density at radius 2 is 0.895 bits per heavy atom. The summed E-state index contributed by atoms with van der Waals surface area (Å²) in [6, 6.07) is 34.4. The van der Waals surface area contributed by atoms with E-state index in [1.54, 1.807) is 4.90 Å². The fourth-order valence-electron chi connectivity index (χ4n) is 4.21. The first-order valence-corrected chi connectivity index (χ1v) is 13.1. The lowest BCUT2D eigenvalue weighted by Crippen LogP contribution is -2.46. The third-order valence-electron chi connectivity index (χ3n) is 6.11. The fourth-order valence-corrected chi connectivity index (χ4v) is 4.21. The molecule has 0 aliphatic heterocycles. The van der Waals surface area contributed by atoms with Crippen LogP contribution in [0, 0.1) is 0 Å². The number of ether oxygens (including phenoxy) is 2. The highest BCUT2D eigenvalue weighted by Gasteiger charge is 2.37. The summed E-state index contributed by atoms with van der Waals surface area (Å²) in [4.78, 5) is 28.3. The number of carbonyl (C=O) groups is 2. The lowest BCUT2D eigenvalue weighted by atomic mass is 10.0. The van der Waals surface area contributed by atoms with Gasteiger partial charge in [-0.2, -0.15) is 0 Å². The Balaban J connectivity index is 1.77. The minimum absolute atomic E-state index is 0.226. The molecule has 0 N–H and O–H groups in total. The molecule has 0 aliphatic carbocycles. The predicted octanol–water partition coefficient (Wildman–Crippen LogP) is 7.43. The molecule has 0 saturated heterocycles. The maximum atomic E-state index is 13.3. The molecule has 0 bridgehead atoms. The number of nitrogens with zero attached hydrogens (tertiary/aromatic N) is 1. The van der Waals surface area contributed by atoms with Crippen molar-refractivity contribution < 1.29 is 19.1 Å². The van der Waals surface area contributed by atoms with E-state index in [2.05, 4.69) is 0 Å². The molecule has 194 valence electrons. The van der Waals surface area contributed by atoms with E-state index in [9.17, 15) is 9.59 Å². The first-order chi connectivity index (χ1) is 18.6. The van der Waals surface area contributed by atoms with Gasteiger partial charge in [0.2, 0.25) is 6.04 Å². The van der Waals surface area contributed by atoms with Gasteiger partial charge >= 0.3 is 11.9 Å². The highest BCUT2D eigenvalue weighted by molar-refractivity contribution is 6.04. The molecular formula is C33H33NO4. The molecule has 0 heterocycles. The fraction of sp³-hybridized carbons (Fsp3) is 0.212. The van der Waals surface area contributed by atoms with Crippen LogP contribution in [0.25, 0.3) is 22.3 Å². The predicted molar refractivity (Wildman–Crippen MR) is 152 cm³/mol. The van der Waals surface area contributed by atoms with Crippen LogP contribution in [0.4, 0.5) is 11.4 Å². The third-order valence-corrected chi connectivity index (χ3v) is 6.11. The van der Waals surface area contributed by atoms with E-state index in [0.717, 1.165) is 22.3 Å². The minimum atomic E-state index is -1.28. The number of rotatable bonds is 11. The summed E-state index contributed by atoms with van der Waals surface area (Å²) in [6.45, 7) is 4.29. The highest BCUT2D eigenvalue weighted by Crippen LogP contribution is 2.33. The SMILES string of the molecule is CCCOC(=O)C(C(=O)OCCC)N(c1ccc(-c2ccccc2)cc1)c1ccc(-c2ccccc2)cc1. The summed E-state index contributed by atoms with van der Waals surface area (Å²) in [5.41, 5.74) is 5.60. The zero-order valence-electron chi connectivity index (χ0n) is 21.9. The van der Waals surface area contributed by atoms with Gasteiger partial charge in [0, 0.05) is 11.4 Å². The molecule has 38 heavy (non-hydrogen) atoms. The van der Waals surface area contributed by atoms with E-state index in [1.165, 1.54) is 0 Å². The lowest BCUT2D eigenvalue weighted by molar-refractivity contribution is -0.156. The van der Waals surface area contributed by atoms with Gasteiger partial charge < -0.3 is 14.4 Å². The summed E-state index contributed by atoms with van der Waals surface area (Å²) in [6.07, 6.45) is 1.31. The third kappa shape index (κ3) is 6.48. The second kappa shape index (κ2) is 13.2. The normalized spacial score (nSPS) is 10.7. The molecule has 0 fully saturated rings. The van der Waals surface area contributed by atoms with Crippen molar-refractivity contribution >= 4 is 23.3 Å². The van der Waals surface area contributed by atoms with Gasteiger partial charge in [-0.1, -0.05) is 98.8 Å². The Bertz CT molecular complexity index is 1200. The van der Waals surface area contributed by atoms with Gasteiger partial charge in [-0.3, -0.25) is 0 Å². The minimum Gasteiger partial charge on any atom is -0.464 e. The van der Waals surface area contributed by atoms with Crippen molar-refractivity contribution in [3.63, 3.8) is 0 Å². The molecular weight excluding hydrogens is 474 g/mol. The Hall–Kier alpha value is -4.38. The molecule has 4 rings (SSSR count). The number of anilines is 2. The Labute approximate surface area is 224 Å². The molecule has 5 nitrogen and oxygen atoms in total. The maximum Gasteiger partial charge on any atom is 0.340 e. The molecule has 5 heteroatoms. The molecule has 0 aliphatic rings. The smallest absolute Gasteiger partial charge is 0.340 e. The second-order valence-corrected chi connectivity index (χ2v) is 8.93. The summed E-state index contributed by atoms with van der Waals surface area (Å²) in [5.74, 6) is -1.26. The summed E-state index contributed by atoms with van der Waals surface area (Å²) in [5, 5.41) is 0. The maximum absolute atomic E-state index is 13.3. The van der Waals surface area contributed by atoms with Crippen LogP contribution in [0.5, 0.6) is 0 Å². The molecule has 4 aromatic rings. The van der Waals surface area contributed by atoms with E-state index < -0.39 is 18.0 Å². The van der Waals surface area contributed by atoms with Crippen LogP contribution >= 0.6 is 0 Å².